The third-order valence-corrected chi connectivity index (χ3v) is 4.28. The fourth-order valence-electron chi connectivity index (χ4n) is 2.14. The summed E-state index contributed by atoms with van der Waals surface area (Å²) in [5.41, 5.74) is 2.65. The quantitative estimate of drug-likeness (QED) is 0.872. The van der Waals surface area contributed by atoms with Crippen molar-refractivity contribution in [3.8, 4) is 6.07 Å². The van der Waals surface area contributed by atoms with Crippen LogP contribution in [0.25, 0.3) is 0 Å². The Labute approximate surface area is 149 Å². The molecule has 2 aromatic rings. The Bertz CT molecular complexity index is 827. The molecular formula is C18H16BrN3O2. The van der Waals surface area contributed by atoms with Gasteiger partial charge in [0.2, 0.25) is 11.8 Å². The third kappa shape index (κ3) is 4.43. The lowest BCUT2D eigenvalue weighted by atomic mass is 10.2. The molecule has 0 fully saturated rings. The maximum Gasteiger partial charge on any atom is 0.244 e. The molecule has 24 heavy (non-hydrogen) atoms. The highest BCUT2D eigenvalue weighted by atomic mass is 79.9. The summed E-state index contributed by atoms with van der Waals surface area (Å²) in [5, 5.41) is 11.7. The van der Waals surface area contributed by atoms with E-state index >= 15 is 0 Å². The predicted molar refractivity (Wildman–Crippen MR) is 96.7 cm³/mol. The lowest BCUT2D eigenvalue weighted by Crippen LogP contribution is -2.36. The van der Waals surface area contributed by atoms with Crippen molar-refractivity contribution >= 4 is 39.1 Å². The predicted octanol–water partition coefficient (Wildman–Crippen LogP) is 3.62. The van der Waals surface area contributed by atoms with Gasteiger partial charge in [0.25, 0.3) is 0 Å². The number of rotatable bonds is 4. The molecular weight excluding hydrogens is 370 g/mol. The van der Waals surface area contributed by atoms with Crippen molar-refractivity contribution < 1.29 is 9.59 Å². The summed E-state index contributed by atoms with van der Waals surface area (Å²) < 4.78 is 0.894. The number of aryl methyl sites for hydroxylation is 1. The number of anilines is 2. The number of hydrogen-bond donors (Lipinski definition) is 1. The Hall–Kier alpha value is -2.65. The summed E-state index contributed by atoms with van der Waals surface area (Å²) in [6.45, 7) is 3.21. The average molecular weight is 386 g/mol. The van der Waals surface area contributed by atoms with Gasteiger partial charge in [0, 0.05) is 22.8 Å². The number of amides is 2. The van der Waals surface area contributed by atoms with Gasteiger partial charge in [-0.15, -0.1) is 0 Å². The van der Waals surface area contributed by atoms with Crippen LogP contribution in [0.3, 0.4) is 0 Å². The Balaban J connectivity index is 2.15. The van der Waals surface area contributed by atoms with Gasteiger partial charge in [-0.3, -0.25) is 9.59 Å². The van der Waals surface area contributed by atoms with E-state index in [0.29, 0.717) is 16.9 Å². The van der Waals surface area contributed by atoms with Crippen LogP contribution in [0, 0.1) is 18.3 Å². The number of halogens is 1. The number of carbonyl (C=O) groups is 2. The maximum absolute atomic E-state index is 12.3. The summed E-state index contributed by atoms with van der Waals surface area (Å²) in [7, 11) is 0. The van der Waals surface area contributed by atoms with Gasteiger partial charge in [-0.05, 0) is 42.8 Å². The molecule has 0 saturated carbocycles. The number of benzene rings is 2. The molecule has 0 aliphatic heterocycles. The molecule has 0 atom stereocenters. The van der Waals surface area contributed by atoms with Crippen LogP contribution in [-0.2, 0) is 9.59 Å². The normalized spacial score (nSPS) is 9.92. The molecule has 2 rings (SSSR count). The van der Waals surface area contributed by atoms with Crippen LogP contribution >= 0.6 is 15.9 Å². The zero-order chi connectivity index (χ0) is 17.7. The van der Waals surface area contributed by atoms with E-state index in [4.69, 9.17) is 5.26 Å². The Morgan fingerprint density at radius 1 is 1.25 bits per heavy atom. The highest BCUT2D eigenvalue weighted by Crippen LogP contribution is 2.21. The molecule has 0 aliphatic rings. The second-order valence-electron chi connectivity index (χ2n) is 5.28. The molecule has 0 bridgehead atoms. The maximum atomic E-state index is 12.3. The minimum atomic E-state index is -0.316. The summed E-state index contributed by atoms with van der Waals surface area (Å²) >= 11 is 3.42. The first-order valence-electron chi connectivity index (χ1n) is 7.25. The SMILES string of the molecule is CC(=O)N(CC(=O)Nc1ccc(C)c(Br)c1)c1cccc(C#N)c1. The molecule has 2 amide bonds. The van der Waals surface area contributed by atoms with E-state index < -0.39 is 0 Å². The Kier molecular flexibility index (Phi) is 5.72. The van der Waals surface area contributed by atoms with Crippen LogP contribution in [0.4, 0.5) is 11.4 Å². The largest absolute Gasteiger partial charge is 0.324 e. The van der Waals surface area contributed by atoms with E-state index in [1.807, 2.05) is 25.1 Å². The van der Waals surface area contributed by atoms with Crippen LogP contribution < -0.4 is 10.2 Å². The summed E-state index contributed by atoms with van der Waals surface area (Å²) in [6.07, 6.45) is 0. The molecule has 1 N–H and O–H groups in total. The summed E-state index contributed by atoms with van der Waals surface area (Å²) in [6, 6.07) is 14.1. The highest BCUT2D eigenvalue weighted by Gasteiger charge is 2.16. The van der Waals surface area contributed by atoms with E-state index in [0.717, 1.165) is 10.0 Å². The first kappa shape index (κ1) is 17.7. The number of carbonyl (C=O) groups excluding carboxylic acids is 2. The van der Waals surface area contributed by atoms with Crippen LogP contribution in [0.5, 0.6) is 0 Å². The highest BCUT2D eigenvalue weighted by molar-refractivity contribution is 9.10. The number of nitriles is 1. The van der Waals surface area contributed by atoms with Crippen molar-refractivity contribution in [1.29, 1.82) is 5.26 Å². The Morgan fingerprint density at radius 2 is 2.00 bits per heavy atom. The molecule has 5 nitrogen and oxygen atoms in total. The zero-order valence-electron chi connectivity index (χ0n) is 13.3. The smallest absolute Gasteiger partial charge is 0.244 e. The fraction of sp³-hybridized carbons (Fsp3) is 0.167. The van der Waals surface area contributed by atoms with E-state index in [1.165, 1.54) is 11.8 Å². The molecule has 0 unspecified atom stereocenters. The standard InChI is InChI=1S/C18H16BrN3O2/c1-12-6-7-15(9-17(12)19)21-18(24)11-22(13(2)23)16-5-3-4-14(8-16)10-20/h3-9H,11H2,1-2H3,(H,21,24). The van der Waals surface area contributed by atoms with Gasteiger partial charge in [0.1, 0.15) is 6.54 Å². The molecule has 0 spiro atoms. The molecule has 6 heteroatoms. The Morgan fingerprint density at radius 3 is 2.62 bits per heavy atom. The van der Waals surface area contributed by atoms with Crippen molar-refractivity contribution in [2.75, 3.05) is 16.8 Å². The van der Waals surface area contributed by atoms with Crippen LogP contribution in [0.1, 0.15) is 18.1 Å². The monoisotopic (exact) mass is 385 g/mol. The van der Waals surface area contributed by atoms with Gasteiger partial charge in [-0.1, -0.05) is 28.1 Å². The van der Waals surface area contributed by atoms with Gasteiger partial charge in [0.05, 0.1) is 11.6 Å². The molecule has 0 heterocycles. The minimum absolute atomic E-state index is 0.129. The van der Waals surface area contributed by atoms with Crippen molar-refractivity contribution in [2.24, 2.45) is 0 Å². The average Bonchev–Trinajstić information content (AvgIpc) is 2.56. The summed E-state index contributed by atoms with van der Waals surface area (Å²) in [5.74, 6) is -0.589. The van der Waals surface area contributed by atoms with Gasteiger partial charge >= 0.3 is 0 Å². The van der Waals surface area contributed by atoms with E-state index in [9.17, 15) is 9.59 Å². The van der Waals surface area contributed by atoms with Crippen molar-refractivity contribution in [3.05, 3.63) is 58.1 Å². The lowest BCUT2D eigenvalue weighted by Gasteiger charge is -2.21. The third-order valence-electron chi connectivity index (χ3n) is 3.42. The summed E-state index contributed by atoms with van der Waals surface area (Å²) in [4.78, 5) is 25.5. The molecule has 0 radical (unpaired) electrons. The molecule has 2 aromatic carbocycles. The number of nitrogens with one attached hydrogen (secondary N) is 1. The molecule has 0 saturated heterocycles. The molecule has 122 valence electrons. The van der Waals surface area contributed by atoms with E-state index in [-0.39, 0.29) is 18.4 Å². The zero-order valence-corrected chi connectivity index (χ0v) is 14.9. The van der Waals surface area contributed by atoms with Gasteiger partial charge in [0.15, 0.2) is 0 Å². The topological polar surface area (TPSA) is 73.2 Å². The first-order valence-corrected chi connectivity index (χ1v) is 8.04. The van der Waals surface area contributed by atoms with Gasteiger partial charge in [-0.25, -0.2) is 0 Å². The number of nitrogens with zero attached hydrogens (tertiary/aromatic N) is 2. The number of hydrogen-bond acceptors (Lipinski definition) is 3. The fourth-order valence-corrected chi connectivity index (χ4v) is 2.52. The second kappa shape index (κ2) is 7.75. The lowest BCUT2D eigenvalue weighted by molar-refractivity contribution is -0.120. The van der Waals surface area contributed by atoms with E-state index in [1.54, 1.807) is 30.3 Å². The van der Waals surface area contributed by atoms with Crippen LogP contribution in [-0.4, -0.2) is 18.4 Å². The minimum Gasteiger partial charge on any atom is -0.324 e. The van der Waals surface area contributed by atoms with Gasteiger partial charge in [-0.2, -0.15) is 5.26 Å². The second-order valence-corrected chi connectivity index (χ2v) is 6.13. The molecule has 0 aliphatic carbocycles. The van der Waals surface area contributed by atoms with Crippen LogP contribution in [0.2, 0.25) is 0 Å². The van der Waals surface area contributed by atoms with Crippen molar-refractivity contribution in [1.82, 2.24) is 0 Å². The first-order chi connectivity index (χ1) is 11.4. The van der Waals surface area contributed by atoms with Crippen molar-refractivity contribution in [2.45, 2.75) is 13.8 Å². The van der Waals surface area contributed by atoms with Crippen LogP contribution in [0.15, 0.2) is 46.9 Å². The van der Waals surface area contributed by atoms with Gasteiger partial charge < -0.3 is 10.2 Å². The van der Waals surface area contributed by atoms with Crippen molar-refractivity contribution in [3.63, 3.8) is 0 Å². The molecule has 0 aromatic heterocycles. The van der Waals surface area contributed by atoms with E-state index in [2.05, 4.69) is 21.2 Å².